The highest BCUT2D eigenvalue weighted by atomic mass is 127. The average molecular weight is 486 g/mol. The van der Waals surface area contributed by atoms with Gasteiger partial charge in [-0.1, -0.05) is 18.9 Å². The molecule has 2 N–H and O–H groups in total. The minimum atomic E-state index is 0. The Kier molecular flexibility index (Phi) is 9.09. The van der Waals surface area contributed by atoms with Crippen LogP contribution in [0.3, 0.4) is 0 Å². The first-order valence-corrected chi connectivity index (χ1v) is 9.67. The average Bonchev–Trinajstić information content (AvgIpc) is 3.21. The summed E-state index contributed by atoms with van der Waals surface area (Å²) >= 11 is 0. The van der Waals surface area contributed by atoms with Crippen LogP contribution in [0, 0.1) is 0 Å². The quantitative estimate of drug-likeness (QED) is 0.378. The number of carbonyl (C=O) groups is 1. The van der Waals surface area contributed by atoms with Gasteiger partial charge in [0.25, 0.3) is 0 Å². The van der Waals surface area contributed by atoms with Crippen LogP contribution in [0.4, 0.5) is 5.82 Å². The SMILES string of the molecule is CN=C(NCCC(=O)N1CCN(c2ccccn2)CC1)NC1CCCC1.I. The van der Waals surface area contributed by atoms with Gasteiger partial charge in [0.2, 0.25) is 5.91 Å². The van der Waals surface area contributed by atoms with Crippen LogP contribution in [0.15, 0.2) is 29.4 Å². The number of halogens is 1. The second-order valence-corrected chi connectivity index (χ2v) is 6.93. The third kappa shape index (κ3) is 6.51. The van der Waals surface area contributed by atoms with E-state index in [1.54, 1.807) is 7.05 Å². The largest absolute Gasteiger partial charge is 0.356 e. The summed E-state index contributed by atoms with van der Waals surface area (Å²) in [6, 6.07) is 6.46. The highest BCUT2D eigenvalue weighted by Crippen LogP contribution is 2.17. The zero-order valence-electron chi connectivity index (χ0n) is 16.1. The van der Waals surface area contributed by atoms with Gasteiger partial charge in [0.15, 0.2) is 5.96 Å². The Morgan fingerprint density at radius 3 is 2.59 bits per heavy atom. The number of aromatic nitrogens is 1. The molecule has 0 aromatic carbocycles. The van der Waals surface area contributed by atoms with E-state index < -0.39 is 0 Å². The smallest absolute Gasteiger partial charge is 0.224 e. The van der Waals surface area contributed by atoms with Crippen LogP contribution in [-0.2, 0) is 4.79 Å². The Morgan fingerprint density at radius 2 is 1.96 bits per heavy atom. The number of rotatable bonds is 5. The summed E-state index contributed by atoms with van der Waals surface area (Å²) < 4.78 is 0. The van der Waals surface area contributed by atoms with E-state index in [4.69, 9.17) is 0 Å². The van der Waals surface area contributed by atoms with E-state index in [1.807, 2.05) is 29.3 Å². The van der Waals surface area contributed by atoms with Crippen molar-refractivity contribution >= 4 is 41.7 Å². The van der Waals surface area contributed by atoms with Gasteiger partial charge in [0.05, 0.1) is 0 Å². The number of anilines is 1. The van der Waals surface area contributed by atoms with Crippen molar-refractivity contribution in [1.82, 2.24) is 20.5 Å². The first-order valence-electron chi connectivity index (χ1n) is 9.67. The summed E-state index contributed by atoms with van der Waals surface area (Å²) in [6.45, 7) is 3.79. The summed E-state index contributed by atoms with van der Waals surface area (Å²) in [5, 5.41) is 6.72. The molecule has 0 radical (unpaired) electrons. The fourth-order valence-electron chi connectivity index (χ4n) is 3.63. The number of pyridine rings is 1. The number of amides is 1. The molecule has 8 heteroatoms. The summed E-state index contributed by atoms with van der Waals surface area (Å²) in [5.41, 5.74) is 0. The summed E-state index contributed by atoms with van der Waals surface area (Å²) in [4.78, 5) is 25.3. The van der Waals surface area contributed by atoms with Crippen LogP contribution in [0.1, 0.15) is 32.1 Å². The van der Waals surface area contributed by atoms with Gasteiger partial charge in [-0.25, -0.2) is 4.98 Å². The lowest BCUT2D eigenvalue weighted by atomic mass is 10.2. The van der Waals surface area contributed by atoms with Gasteiger partial charge in [0, 0.05) is 58.4 Å². The molecule has 1 aliphatic heterocycles. The minimum Gasteiger partial charge on any atom is -0.356 e. The topological polar surface area (TPSA) is 72.9 Å². The van der Waals surface area contributed by atoms with Crippen molar-refractivity contribution in [2.75, 3.05) is 44.7 Å². The number of hydrogen-bond acceptors (Lipinski definition) is 4. The number of nitrogens with zero attached hydrogens (tertiary/aromatic N) is 4. The second-order valence-electron chi connectivity index (χ2n) is 6.93. The number of nitrogens with one attached hydrogen (secondary N) is 2. The molecule has 2 fully saturated rings. The van der Waals surface area contributed by atoms with E-state index in [0.717, 1.165) is 38.0 Å². The molecule has 0 unspecified atom stereocenters. The number of piperazine rings is 1. The van der Waals surface area contributed by atoms with Crippen molar-refractivity contribution in [3.05, 3.63) is 24.4 Å². The molecule has 1 saturated carbocycles. The van der Waals surface area contributed by atoms with Gasteiger partial charge >= 0.3 is 0 Å². The van der Waals surface area contributed by atoms with Gasteiger partial charge in [-0.3, -0.25) is 9.79 Å². The van der Waals surface area contributed by atoms with Crippen LogP contribution in [0.25, 0.3) is 0 Å². The van der Waals surface area contributed by atoms with Crippen LogP contribution in [0.2, 0.25) is 0 Å². The third-order valence-electron chi connectivity index (χ3n) is 5.16. The van der Waals surface area contributed by atoms with E-state index in [9.17, 15) is 4.79 Å². The van der Waals surface area contributed by atoms with Gasteiger partial charge in [-0.15, -0.1) is 24.0 Å². The molecule has 3 rings (SSSR count). The fourth-order valence-corrected chi connectivity index (χ4v) is 3.63. The number of guanidine groups is 1. The van der Waals surface area contributed by atoms with Crippen LogP contribution < -0.4 is 15.5 Å². The lowest BCUT2D eigenvalue weighted by Crippen LogP contribution is -2.50. The number of aliphatic imine (C=N–C) groups is 1. The van der Waals surface area contributed by atoms with Crippen molar-refractivity contribution in [3.8, 4) is 0 Å². The monoisotopic (exact) mass is 486 g/mol. The van der Waals surface area contributed by atoms with Gasteiger partial charge in [-0.2, -0.15) is 0 Å². The maximum absolute atomic E-state index is 12.4. The molecule has 1 aliphatic carbocycles. The van der Waals surface area contributed by atoms with Crippen LogP contribution in [0.5, 0.6) is 0 Å². The summed E-state index contributed by atoms with van der Waals surface area (Å²) in [7, 11) is 1.78. The Balaban J connectivity index is 0.00000261. The van der Waals surface area contributed by atoms with E-state index in [2.05, 4.69) is 25.5 Å². The molecule has 0 bridgehead atoms. The summed E-state index contributed by atoms with van der Waals surface area (Å²) in [5.74, 6) is 2.00. The standard InChI is InChI=1S/C19H30N6O.HI/c1-20-19(23-16-6-2-3-7-16)22-11-9-18(26)25-14-12-24(13-15-25)17-8-4-5-10-21-17;/h4-5,8,10,16H,2-3,6-7,9,11-15H2,1H3,(H2,20,22,23);1H. The predicted molar refractivity (Wildman–Crippen MR) is 120 cm³/mol. The van der Waals surface area contributed by atoms with E-state index in [-0.39, 0.29) is 29.9 Å². The van der Waals surface area contributed by atoms with E-state index in [1.165, 1.54) is 25.7 Å². The molecule has 1 aromatic heterocycles. The zero-order valence-corrected chi connectivity index (χ0v) is 18.4. The van der Waals surface area contributed by atoms with Crippen molar-refractivity contribution in [3.63, 3.8) is 0 Å². The summed E-state index contributed by atoms with van der Waals surface area (Å²) in [6.07, 6.45) is 7.30. The lowest BCUT2D eigenvalue weighted by molar-refractivity contribution is -0.131. The van der Waals surface area contributed by atoms with Crippen molar-refractivity contribution in [1.29, 1.82) is 0 Å². The number of carbonyl (C=O) groups excluding carboxylic acids is 1. The van der Waals surface area contributed by atoms with Crippen molar-refractivity contribution in [2.45, 2.75) is 38.1 Å². The Labute approximate surface area is 179 Å². The maximum Gasteiger partial charge on any atom is 0.224 e. The molecular formula is C19H31IN6O. The molecule has 0 spiro atoms. The molecule has 2 heterocycles. The second kappa shape index (κ2) is 11.3. The highest BCUT2D eigenvalue weighted by Gasteiger charge is 2.21. The van der Waals surface area contributed by atoms with Crippen LogP contribution >= 0.6 is 24.0 Å². The van der Waals surface area contributed by atoms with Crippen molar-refractivity contribution in [2.24, 2.45) is 4.99 Å². The molecule has 2 aliphatic rings. The number of hydrogen-bond donors (Lipinski definition) is 2. The molecule has 7 nitrogen and oxygen atoms in total. The zero-order chi connectivity index (χ0) is 18.2. The lowest BCUT2D eigenvalue weighted by Gasteiger charge is -2.35. The first kappa shape index (κ1) is 21.7. The molecular weight excluding hydrogens is 455 g/mol. The Hall–Kier alpha value is -1.58. The Bertz CT molecular complexity index is 597. The van der Waals surface area contributed by atoms with Crippen molar-refractivity contribution < 1.29 is 4.79 Å². The first-order chi connectivity index (χ1) is 12.8. The van der Waals surface area contributed by atoms with Crippen LogP contribution in [-0.4, -0.2) is 67.6 Å². The van der Waals surface area contributed by atoms with E-state index in [0.29, 0.717) is 19.0 Å². The normalized spacial score (nSPS) is 18.2. The predicted octanol–water partition coefficient (Wildman–Crippen LogP) is 1.85. The third-order valence-corrected chi connectivity index (χ3v) is 5.16. The molecule has 1 aromatic rings. The van der Waals surface area contributed by atoms with Gasteiger partial charge < -0.3 is 20.4 Å². The van der Waals surface area contributed by atoms with Gasteiger partial charge in [0.1, 0.15) is 5.82 Å². The molecule has 27 heavy (non-hydrogen) atoms. The minimum absolute atomic E-state index is 0. The molecule has 0 atom stereocenters. The molecule has 1 saturated heterocycles. The van der Waals surface area contributed by atoms with E-state index >= 15 is 0 Å². The molecule has 150 valence electrons. The fraction of sp³-hybridized carbons (Fsp3) is 0.632. The Morgan fingerprint density at radius 1 is 1.22 bits per heavy atom. The molecule has 1 amide bonds. The van der Waals surface area contributed by atoms with Gasteiger partial charge in [-0.05, 0) is 25.0 Å². The highest BCUT2D eigenvalue weighted by molar-refractivity contribution is 14.0. The maximum atomic E-state index is 12.4.